The number of aryl methyl sites for hydroxylation is 1. The molecule has 2 aliphatic rings. The molecule has 42 heavy (non-hydrogen) atoms. The van der Waals surface area contributed by atoms with Crippen LogP contribution in [0, 0.1) is 17.8 Å². The molecule has 226 valence electrons. The molecule has 0 unspecified atom stereocenters. The third-order valence-electron chi connectivity index (χ3n) is 8.08. The summed E-state index contributed by atoms with van der Waals surface area (Å²) in [5.74, 6) is -6.58. The maximum Gasteiger partial charge on any atom is 0.393 e. The predicted molar refractivity (Wildman–Crippen MR) is 140 cm³/mol. The Bertz CT molecular complexity index is 1470. The van der Waals surface area contributed by atoms with Crippen LogP contribution in [0.3, 0.4) is 0 Å². The molecule has 1 aliphatic carbocycles. The smallest absolute Gasteiger partial charge is 0.355 e. The van der Waals surface area contributed by atoms with Gasteiger partial charge in [-0.3, -0.25) is 14.3 Å². The highest BCUT2D eigenvalue weighted by Crippen LogP contribution is 2.41. The van der Waals surface area contributed by atoms with Crippen LogP contribution in [0.15, 0.2) is 25.0 Å². The number of rotatable bonds is 8. The summed E-state index contributed by atoms with van der Waals surface area (Å²) in [5, 5.41) is 13.9. The van der Waals surface area contributed by atoms with Gasteiger partial charge in [0.25, 0.3) is 11.7 Å². The van der Waals surface area contributed by atoms with E-state index in [1.165, 1.54) is 27.7 Å². The fourth-order valence-corrected chi connectivity index (χ4v) is 5.72. The summed E-state index contributed by atoms with van der Waals surface area (Å²) in [6, 6.07) is 0.815. The molecule has 0 bridgehead atoms. The summed E-state index contributed by atoms with van der Waals surface area (Å²) in [7, 11) is 0. The first kappa shape index (κ1) is 29.6. The summed E-state index contributed by atoms with van der Waals surface area (Å²) in [5.41, 5.74) is 1.17. The molecule has 0 spiro atoms. The van der Waals surface area contributed by atoms with Gasteiger partial charge in [0, 0.05) is 44.5 Å². The van der Waals surface area contributed by atoms with E-state index in [2.05, 4.69) is 37.4 Å². The maximum absolute atomic E-state index is 14.0. The number of hydrogen-bond acceptors (Lipinski definition) is 6. The Kier molecular flexibility index (Phi) is 8.03. The molecule has 1 saturated heterocycles. The highest BCUT2D eigenvalue weighted by atomic mass is 19.4. The molecule has 15 heteroatoms. The molecule has 2 N–H and O–H groups in total. The van der Waals surface area contributed by atoms with E-state index >= 15 is 0 Å². The van der Waals surface area contributed by atoms with Crippen LogP contribution in [0.2, 0.25) is 0 Å². The molecule has 2 amide bonds. The number of fused-ring (bicyclic) bond motifs is 1. The molecule has 1 aliphatic heterocycles. The number of alkyl halides is 5. The molecule has 4 heterocycles. The lowest BCUT2D eigenvalue weighted by molar-refractivity contribution is -0.183. The second-order valence-corrected chi connectivity index (χ2v) is 10.9. The minimum absolute atomic E-state index is 0.102. The predicted octanol–water partition coefficient (Wildman–Crippen LogP) is 4.14. The molecule has 3 aromatic heterocycles. The van der Waals surface area contributed by atoms with Gasteiger partial charge >= 0.3 is 6.18 Å². The van der Waals surface area contributed by atoms with E-state index in [-0.39, 0.29) is 61.6 Å². The Balaban J connectivity index is 1.46. The van der Waals surface area contributed by atoms with Gasteiger partial charge < -0.3 is 10.6 Å². The van der Waals surface area contributed by atoms with E-state index in [1.54, 1.807) is 6.07 Å². The number of carbonyl (C=O) groups excluding carboxylic acids is 2. The average Bonchev–Trinajstić information content (AvgIpc) is 3.58. The molecule has 3 atom stereocenters. The summed E-state index contributed by atoms with van der Waals surface area (Å²) >= 11 is 0. The Morgan fingerprint density at radius 1 is 1.29 bits per heavy atom. The lowest BCUT2D eigenvalue weighted by atomic mass is 9.81. The van der Waals surface area contributed by atoms with Crippen LogP contribution in [0.1, 0.15) is 72.6 Å². The van der Waals surface area contributed by atoms with Gasteiger partial charge in [0.2, 0.25) is 11.8 Å². The standard InChI is InChI=1S/C27H31F5N8O2/c1-3-18-19(12-16-11-17(27(30,31)32)13-33-23(16)41)38-40-14-20(36-25(40)35-18)22(15-5-8-26(28,29)9-6-15)37-24(42)21-7-10-34-39(21)4-2/h3,7,10,14-17,22H,1,4-6,8-9,11-13H2,2H3,(H,33,41)(H,37,42)/t16-,17-,22+/m1/s1. The highest BCUT2D eigenvalue weighted by molar-refractivity contribution is 5.92. The zero-order valence-corrected chi connectivity index (χ0v) is 22.9. The monoisotopic (exact) mass is 594 g/mol. The molecular weight excluding hydrogens is 563 g/mol. The van der Waals surface area contributed by atoms with Gasteiger partial charge in [-0.05, 0) is 44.2 Å². The maximum atomic E-state index is 14.0. The summed E-state index contributed by atoms with van der Waals surface area (Å²) in [6.07, 6.45) is -0.874. The van der Waals surface area contributed by atoms with E-state index in [1.807, 2.05) is 6.92 Å². The SMILES string of the molecule is C=Cc1nc2nc([C@@H](NC(=O)c3ccnn3CC)C3CCC(F)(F)CC3)cn2nc1C[C@H]1C[C@@H](C(F)(F)F)CNC1=O. The summed E-state index contributed by atoms with van der Waals surface area (Å²) in [4.78, 5) is 34.7. The lowest BCUT2D eigenvalue weighted by Gasteiger charge is -2.33. The van der Waals surface area contributed by atoms with Gasteiger partial charge in [0.15, 0.2) is 0 Å². The van der Waals surface area contributed by atoms with E-state index < -0.39 is 48.3 Å². The first-order valence-corrected chi connectivity index (χ1v) is 13.8. The minimum Gasteiger partial charge on any atom is -0.355 e. The van der Waals surface area contributed by atoms with Crippen molar-refractivity contribution in [3.05, 3.63) is 47.8 Å². The zero-order valence-electron chi connectivity index (χ0n) is 22.9. The van der Waals surface area contributed by atoms with Crippen LogP contribution in [0.5, 0.6) is 0 Å². The van der Waals surface area contributed by atoms with Crippen LogP contribution in [0.25, 0.3) is 11.9 Å². The topological polar surface area (TPSA) is 119 Å². The molecule has 2 fully saturated rings. The Morgan fingerprint density at radius 2 is 2.02 bits per heavy atom. The second-order valence-electron chi connectivity index (χ2n) is 10.9. The zero-order chi connectivity index (χ0) is 30.2. The molecule has 3 aromatic rings. The lowest BCUT2D eigenvalue weighted by Crippen LogP contribution is -2.47. The number of nitrogens with zero attached hydrogens (tertiary/aromatic N) is 6. The van der Waals surface area contributed by atoms with Crippen molar-refractivity contribution in [2.75, 3.05) is 6.54 Å². The number of aromatic nitrogens is 6. The molecule has 0 aromatic carbocycles. The Hall–Kier alpha value is -3.91. The van der Waals surface area contributed by atoms with E-state index in [0.29, 0.717) is 17.9 Å². The first-order valence-electron chi connectivity index (χ1n) is 13.8. The minimum atomic E-state index is -4.44. The van der Waals surface area contributed by atoms with Gasteiger partial charge in [0.05, 0.1) is 35.2 Å². The van der Waals surface area contributed by atoms with Crippen molar-refractivity contribution in [2.24, 2.45) is 17.8 Å². The van der Waals surface area contributed by atoms with Crippen LogP contribution in [0.4, 0.5) is 22.0 Å². The molecule has 5 rings (SSSR count). The molecule has 1 saturated carbocycles. The third kappa shape index (κ3) is 6.14. The summed E-state index contributed by atoms with van der Waals surface area (Å²) < 4.78 is 70.9. The van der Waals surface area contributed by atoms with Crippen LogP contribution in [-0.2, 0) is 17.8 Å². The van der Waals surface area contributed by atoms with E-state index in [9.17, 15) is 31.5 Å². The molecular formula is C27H31F5N8O2. The van der Waals surface area contributed by atoms with E-state index in [0.717, 1.165) is 0 Å². The Morgan fingerprint density at radius 3 is 2.69 bits per heavy atom. The number of halogens is 5. The number of hydrogen-bond donors (Lipinski definition) is 2. The quantitative estimate of drug-likeness (QED) is 0.379. The third-order valence-corrected chi connectivity index (χ3v) is 8.08. The average molecular weight is 595 g/mol. The van der Waals surface area contributed by atoms with Crippen molar-refractivity contribution < 1.29 is 31.5 Å². The number of carbonyl (C=O) groups is 2. The molecule has 10 nitrogen and oxygen atoms in total. The van der Waals surface area contributed by atoms with Crippen molar-refractivity contribution in [3.8, 4) is 0 Å². The van der Waals surface area contributed by atoms with Gasteiger partial charge in [0.1, 0.15) is 5.69 Å². The van der Waals surface area contributed by atoms with E-state index in [4.69, 9.17) is 0 Å². The second kappa shape index (κ2) is 11.4. The summed E-state index contributed by atoms with van der Waals surface area (Å²) in [6.45, 7) is 5.54. The van der Waals surface area contributed by atoms with Gasteiger partial charge in [-0.25, -0.2) is 23.3 Å². The normalized spacial score (nSPS) is 22.1. The van der Waals surface area contributed by atoms with Gasteiger partial charge in [-0.2, -0.15) is 23.4 Å². The van der Waals surface area contributed by atoms with Gasteiger partial charge in [-0.1, -0.05) is 6.58 Å². The molecule has 0 radical (unpaired) electrons. The van der Waals surface area contributed by atoms with Crippen molar-refractivity contribution in [1.29, 1.82) is 0 Å². The van der Waals surface area contributed by atoms with Crippen molar-refractivity contribution in [3.63, 3.8) is 0 Å². The fourth-order valence-electron chi connectivity index (χ4n) is 5.72. The van der Waals surface area contributed by atoms with Crippen LogP contribution >= 0.6 is 0 Å². The number of piperidine rings is 1. The van der Waals surface area contributed by atoms with Crippen molar-refractivity contribution >= 4 is 23.7 Å². The number of amides is 2. The number of nitrogens with one attached hydrogen (secondary N) is 2. The first-order chi connectivity index (χ1) is 19.9. The largest absolute Gasteiger partial charge is 0.393 e. The van der Waals surface area contributed by atoms with Crippen LogP contribution < -0.4 is 10.6 Å². The Labute approximate surface area is 237 Å². The van der Waals surface area contributed by atoms with Crippen molar-refractivity contribution in [2.45, 2.75) is 70.1 Å². The van der Waals surface area contributed by atoms with Crippen molar-refractivity contribution in [1.82, 2.24) is 40.0 Å². The fraction of sp³-hybridized carbons (Fsp3) is 0.556. The number of imidazole rings is 1. The highest BCUT2D eigenvalue weighted by Gasteiger charge is 2.45. The van der Waals surface area contributed by atoms with Gasteiger partial charge in [-0.15, -0.1) is 0 Å². The van der Waals surface area contributed by atoms with Crippen LogP contribution in [-0.4, -0.2) is 59.8 Å².